The van der Waals surface area contributed by atoms with Crippen LogP contribution in [0.5, 0.6) is 0 Å². The Kier molecular flexibility index (Phi) is 4.09. The third-order valence-corrected chi connectivity index (χ3v) is 4.97. The van der Waals surface area contributed by atoms with E-state index in [4.69, 9.17) is 0 Å². The summed E-state index contributed by atoms with van der Waals surface area (Å²) in [4.78, 5) is 0. The zero-order valence-corrected chi connectivity index (χ0v) is 13.2. The van der Waals surface area contributed by atoms with E-state index in [0.717, 1.165) is 25.2 Å². The molecular weight excluding hydrogens is 258 g/mol. The smallest absolute Gasteiger partial charge is 0.143 e. The lowest BCUT2D eigenvalue weighted by Gasteiger charge is -2.29. The molecule has 2 heterocycles. The molecule has 0 N–H and O–H groups in total. The monoisotopic (exact) mass is 283 g/mol. The maximum atomic E-state index is 4.61. The number of rotatable bonds is 3. The fourth-order valence-electron chi connectivity index (χ4n) is 3.37. The summed E-state index contributed by atoms with van der Waals surface area (Å²) in [5.74, 6) is 2.33. The molecule has 1 aliphatic rings. The van der Waals surface area contributed by atoms with Gasteiger partial charge in [0.15, 0.2) is 0 Å². The van der Waals surface area contributed by atoms with E-state index in [-0.39, 0.29) is 5.41 Å². The number of benzene rings is 1. The summed E-state index contributed by atoms with van der Waals surface area (Å²) in [5, 5.41) is 9.12. The first-order valence-corrected chi connectivity index (χ1v) is 8.24. The molecule has 0 saturated carbocycles. The van der Waals surface area contributed by atoms with Crippen molar-refractivity contribution in [1.82, 2.24) is 14.8 Å². The van der Waals surface area contributed by atoms with Gasteiger partial charge >= 0.3 is 0 Å². The lowest BCUT2D eigenvalue weighted by Crippen LogP contribution is -2.28. The molecule has 1 unspecified atom stereocenters. The Balaban J connectivity index is 2.05. The van der Waals surface area contributed by atoms with Crippen molar-refractivity contribution in [2.45, 2.75) is 64.3 Å². The van der Waals surface area contributed by atoms with Crippen molar-refractivity contribution in [2.24, 2.45) is 0 Å². The van der Waals surface area contributed by atoms with E-state index < -0.39 is 0 Å². The minimum absolute atomic E-state index is 0.0499. The third-order valence-electron chi connectivity index (χ3n) is 4.97. The topological polar surface area (TPSA) is 30.7 Å². The summed E-state index contributed by atoms with van der Waals surface area (Å²) in [7, 11) is 0. The number of nitrogens with zero attached hydrogens (tertiary/aromatic N) is 3. The van der Waals surface area contributed by atoms with Crippen LogP contribution in [0.25, 0.3) is 0 Å². The fourth-order valence-corrected chi connectivity index (χ4v) is 3.37. The molecule has 1 atom stereocenters. The second-order valence-electron chi connectivity index (χ2n) is 6.31. The molecule has 21 heavy (non-hydrogen) atoms. The summed E-state index contributed by atoms with van der Waals surface area (Å²) in [6.45, 7) is 5.62. The van der Waals surface area contributed by atoms with Crippen molar-refractivity contribution in [3.8, 4) is 0 Å². The van der Waals surface area contributed by atoms with E-state index in [0.29, 0.717) is 0 Å². The molecule has 0 amide bonds. The third kappa shape index (κ3) is 2.61. The van der Waals surface area contributed by atoms with Crippen molar-refractivity contribution >= 4 is 0 Å². The molecule has 3 nitrogen and oxygen atoms in total. The van der Waals surface area contributed by atoms with Crippen molar-refractivity contribution in [3.63, 3.8) is 0 Å². The minimum atomic E-state index is -0.0499. The van der Waals surface area contributed by atoms with Crippen LogP contribution in [-0.4, -0.2) is 14.8 Å². The van der Waals surface area contributed by atoms with Crippen LogP contribution < -0.4 is 0 Å². The molecule has 0 aliphatic carbocycles. The molecule has 0 spiro atoms. The van der Waals surface area contributed by atoms with Gasteiger partial charge in [-0.2, -0.15) is 0 Å². The Morgan fingerprint density at radius 3 is 2.57 bits per heavy atom. The van der Waals surface area contributed by atoms with Gasteiger partial charge in [-0.05, 0) is 31.7 Å². The molecule has 0 radical (unpaired) electrons. The Morgan fingerprint density at radius 2 is 1.81 bits per heavy atom. The second-order valence-corrected chi connectivity index (χ2v) is 6.31. The van der Waals surface area contributed by atoms with Crippen LogP contribution in [0.3, 0.4) is 0 Å². The SMILES string of the molecule is CCC(C)(c1ccccc1)c1nnc2n1CCCCCC2. The molecule has 3 rings (SSSR count). The summed E-state index contributed by atoms with van der Waals surface area (Å²) in [6.07, 6.45) is 7.24. The Hall–Kier alpha value is -1.64. The Bertz CT molecular complexity index is 588. The first kappa shape index (κ1) is 14.3. The van der Waals surface area contributed by atoms with E-state index in [1.54, 1.807) is 0 Å². The molecule has 0 saturated heterocycles. The predicted molar refractivity (Wildman–Crippen MR) is 85.4 cm³/mol. The van der Waals surface area contributed by atoms with Crippen molar-refractivity contribution in [2.75, 3.05) is 0 Å². The van der Waals surface area contributed by atoms with Gasteiger partial charge in [0.25, 0.3) is 0 Å². The standard InChI is InChI=1S/C18H25N3/c1-3-18(2,15-11-7-6-8-12-15)17-20-19-16-13-9-4-5-10-14-21(16)17/h6-8,11-12H,3-5,9-10,13-14H2,1-2H3. The number of hydrogen-bond donors (Lipinski definition) is 0. The normalized spacial score (nSPS) is 18.4. The first-order valence-electron chi connectivity index (χ1n) is 8.24. The lowest BCUT2D eigenvalue weighted by molar-refractivity contribution is 0.445. The zero-order valence-electron chi connectivity index (χ0n) is 13.2. The fraction of sp³-hybridized carbons (Fsp3) is 0.556. The average molecular weight is 283 g/mol. The molecule has 3 heteroatoms. The van der Waals surface area contributed by atoms with E-state index >= 15 is 0 Å². The van der Waals surface area contributed by atoms with Crippen LogP contribution in [0.1, 0.15) is 63.2 Å². The predicted octanol–water partition coefficient (Wildman–Crippen LogP) is 4.11. The van der Waals surface area contributed by atoms with Gasteiger partial charge in [-0.1, -0.05) is 50.1 Å². The Morgan fingerprint density at radius 1 is 1.05 bits per heavy atom. The van der Waals surface area contributed by atoms with Crippen LogP contribution in [0.15, 0.2) is 30.3 Å². The first-order chi connectivity index (χ1) is 10.3. The van der Waals surface area contributed by atoms with Crippen molar-refractivity contribution in [3.05, 3.63) is 47.5 Å². The van der Waals surface area contributed by atoms with Gasteiger partial charge in [-0.25, -0.2) is 0 Å². The van der Waals surface area contributed by atoms with Gasteiger partial charge in [0.2, 0.25) is 0 Å². The molecule has 1 aliphatic heterocycles. The highest BCUT2D eigenvalue weighted by Gasteiger charge is 2.33. The summed E-state index contributed by atoms with van der Waals surface area (Å²) < 4.78 is 2.40. The largest absolute Gasteiger partial charge is 0.314 e. The van der Waals surface area contributed by atoms with Crippen LogP contribution >= 0.6 is 0 Å². The molecule has 0 bridgehead atoms. The van der Waals surface area contributed by atoms with Crippen LogP contribution in [0.2, 0.25) is 0 Å². The molecule has 1 aromatic carbocycles. The van der Waals surface area contributed by atoms with E-state index in [9.17, 15) is 0 Å². The van der Waals surface area contributed by atoms with Crippen LogP contribution in [-0.2, 0) is 18.4 Å². The van der Waals surface area contributed by atoms with Gasteiger partial charge in [-0.3, -0.25) is 0 Å². The van der Waals surface area contributed by atoms with Crippen LogP contribution in [0, 0.1) is 0 Å². The summed E-state index contributed by atoms with van der Waals surface area (Å²) in [6, 6.07) is 10.7. The average Bonchev–Trinajstić information content (AvgIpc) is 2.89. The summed E-state index contributed by atoms with van der Waals surface area (Å²) in [5.41, 5.74) is 1.29. The summed E-state index contributed by atoms with van der Waals surface area (Å²) >= 11 is 0. The van der Waals surface area contributed by atoms with Crippen molar-refractivity contribution in [1.29, 1.82) is 0 Å². The molecule has 2 aromatic rings. The number of aromatic nitrogens is 3. The van der Waals surface area contributed by atoms with Crippen LogP contribution in [0.4, 0.5) is 0 Å². The van der Waals surface area contributed by atoms with Gasteiger partial charge in [0, 0.05) is 13.0 Å². The zero-order chi connectivity index (χ0) is 14.7. The van der Waals surface area contributed by atoms with Gasteiger partial charge in [-0.15, -0.1) is 10.2 Å². The van der Waals surface area contributed by atoms with E-state index in [2.05, 4.69) is 58.9 Å². The van der Waals surface area contributed by atoms with Gasteiger partial charge < -0.3 is 4.57 Å². The quantitative estimate of drug-likeness (QED) is 0.848. The highest BCUT2D eigenvalue weighted by Crippen LogP contribution is 2.35. The molecule has 1 aromatic heterocycles. The second kappa shape index (κ2) is 6.00. The maximum Gasteiger partial charge on any atom is 0.143 e. The van der Waals surface area contributed by atoms with Gasteiger partial charge in [0.1, 0.15) is 11.6 Å². The van der Waals surface area contributed by atoms with E-state index in [1.807, 2.05) is 0 Å². The van der Waals surface area contributed by atoms with E-state index in [1.165, 1.54) is 37.1 Å². The number of hydrogen-bond acceptors (Lipinski definition) is 2. The molecule has 112 valence electrons. The number of fused-ring (bicyclic) bond motifs is 1. The van der Waals surface area contributed by atoms with Crippen molar-refractivity contribution < 1.29 is 0 Å². The highest BCUT2D eigenvalue weighted by atomic mass is 15.3. The minimum Gasteiger partial charge on any atom is -0.314 e. The molecular formula is C18H25N3. The molecule has 0 fully saturated rings. The maximum absolute atomic E-state index is 4.61. The lowest BCUT2D eigenvalue weighted by atomic mass is 9.79. The highest BCUT2D eigenvalue weighted by molar-refractivity contribution is 5.32. The Labute approximate surface area is 127 Å². The van der Waals surface area contributed by atoms with Gasteiger partial charge in [0.05, 0.1) is 5.41 Å². The number of aryl methyl sites for hydroxylation is 1.